The van der Waals surface area contributed by atoms with Gasteiger partial charge in [0.15, 0.2) is 0 Å². The van der Waals surface area contributed by atoms with Crippen LogP contribution in [0.4, 0.5) is 0 Å². The first kappa shape index (κ1) is 20.1. The third-order valence-corrected chi connectivity index (χ3v) is 7.06. The Morgan fingerprint density at radius 3 is 2.57 bits per heavy atom. The highest BCUT2D eigenvalue weighted by molar-refractivity contribution is 7.93. The third kappa shape index (κ3) is 6.59. The summed E-state index contributed by atoms with van der Waals surface area (Å²) in [4.78, 5) is 16.3. The number of amides is 1. The second-order valence-corrected chi connectivity index (χ2v) is 9.22. The van der Waals surface area contributed by atoms with E-state index in [2.05, 4.69) is 24.1 Å². The fourth-order valence-corrected chi connectivity index (χ4v) is 4.60. The fourth-order valence-electron chi connectivity index (χ4n) is 2.44. The van der Waals surface area contributed by atoms with Gasteiger partial charge in [0.05, 0.1) is 11.9 Å². The molecule has 0 fully saturated rings. The Kier molecular flexibility index (Phi) is 8.76. The van der Waals surface area contributed by atoms with Crippen molar-refractivity contribution >= 4 is 27.1 Å². The normalized spacial score (nSPS) is 13.0. The van der Waals surface area contributed by atoms with Crippen LogP contribution in [0.25, 0.3) is 0 Å². The molecule has 0 bridgehead atoms. The number of hydrogen-bond acceptors (Lipinski definition) is 5. The quantitative estimate of drug-likeness (QED) is 0.653. The number of aromatic nitrogens is 1. The molecule has 0 radical (unpaired) electrons. The van der Waals surface area contributed by atoms with Crippen molar-refractivity contribution in [1.29, 1.82) is 0 Å². The number of nitrogens with one attached hydrogen (secondary N) is 1. The number of hydrogen-bond donors (Lipinski definition) is 1. The minimum absolute atomic E-state index is 0.00228. The topological polar surface area (TPSA) is 76.1 Å². The monoisotopic (exact) mass is 360 g/mol. The van der Waals surface area contributed by atoms with Gasteiger partial charge in [0.2, 0.25) is 14.2 Å². The van der Waals surface area contributed by atoms with Crippen molar-refractivity contribution in [3.8, 4) is 0 Å². The first-order valence-electron chi connectivity index (χ1n) is 8.41. The molecule has 1 aromatic rings. The van der Waals surface area contributed by atoms with E-state index in [4.69, 9.17) is 0 Å². The average molecular weight is 361 g/mol. The summed E-state index contributed by atoms with van der Waals surface area (Å²) in [5, 5.41) is 2.88. The number of nitrogens with zero attached hydrogens (tertiary/aromatic N) is 1. The summed E-state index contributed by atoms with van der Waals surface area (Å²) in [5.74, 6) is 0.418. The molecule has 23 heavy (non-hydrogen) atoms. The van der Waals surface area contributed by atoms with E-state index in [1.165, 1.54) is 31.9 Å². The molecule has 0 saturated heterocycles. The van der Waals surface area contributed by atoms with Gasteiger partial charge in [-0.3, -0.25) is 4.79 Å². The van der Waals surface area contributed by atoms with Gasteiger partial charge in [0.25, 0.3) is 5.91 Å². The van der Waals surface area contributed by atoms with Gasteiger partial charge in [0, 0.05) is 6.54 Å². The Bertz CT molecular complexity index is 582. The van der Waals surface area contributed by atoms with Crippen LogP contribution < -0.4 is 5.32 Å². The number of carbonyl (C=O) groups excluding carboxylic acids is 1. The second-order valence-electron chi connectivity index (χ2n) is 5.74. The Hall–Kier alpha value is -0.950. The number of sulfone groups is 1. The highest BCUT2D eigenvalue weighted by Gasteiger charge is 2.19. The van der Waals surface area contributed by atoms with Gasteiger partial charge in [-0.2, -0.15) is 0 Å². The Labute approximate surface area is 143 Å². The zero-order valence-electron chi connectivity index (χ0n) is 14.3. The van der Waals surface area contributed by atoms with E-state index in [0.29, 0.717) is 17.3 Å². The van der Waals surface area contributed by atoms with Gasteiger partial charge in [-0.15, -0.1) is 0 Å². The van der Waals surface area contributed by atoms with Crippen molar-refractivity contribution in [3.05, 3.63) is 11.1 Å². The number of thiazole rings is 1. The molecule has 1 amide bonds. The molecule has 0 aliphatic carbocycles. The van der Waals surface area contributed by atoms with E-state index < -0.39 is 9.84 Å². The smallest absolute Gasteiger partial charge is 0.263 e. The summed E-state index contributed by atoms with van der Waals surface area (Å²) >= 11 is 0.944. The van der Waals surface area contributed by atoms with Gasteiger partial charge in [0.1, 0.15) is 4.88 Å². The maximum atomic E-state index is 12.1. The molecule has 7 heteroatoms. The van der Waals surface area contributed by atoms with Crippen LogP contribution in [0.5, 0.6) is 0 Å². The lowest BCUT2D eigenvalue weighted by Gasteiger charge is -2.15. The lowest BCUT2D eigenvalue weighted by molar-refractivity contribution is 0.0954. The maximum absolute atomic E-state index is 12.1. The number of unbranched alkanes of at least 4 members (excludes halogenated alkanes) is 1. The molecule has 0 spiro atoms. The Morgan fingerprint density at radius 2 is 1.96 bits per heavy atom. The minimum Gasteiger partial charge on any atom is -0.351 e. The molecule has 1 rings (SSSR count). The van der Waals surface area contributed by atoms with E-state index in [1.807, 2.05) is 0 Å². The van der Waals surface area contributed by atoms with Crippen molar-refractivity contribution in [1.82, 2.24) is 10.3 Å². The maximum Gasteiger partial charge on any atom is 0.263 e. The molecule has 132 valence electrons. The molecular weight excluding hydrogens is 332 g/mol. The lowest BCUT2D eigenvalue weighted by Crippen LogP contribution is -2.25. The summed E-state index contributed by atoms with van der Waals surface area (Å²) in [5.41, 5.74) is 0. The SMILES string of the molecule is CCCCC(CCC)CCNC(=O)c1cnc(S(=O)(=O)CC)s1. The van der Waals surface area contributed by atoms with Crippen molar-refractivity contribution < 1.29 is 13.2 Å². The Balaban J connectivity index is 2.50. The molecule has 1 N–H and O–H groups in total. The van der Waals surface area contributed by atoms with E-state index in [0.717, 1.165) is 24.2 Å². The average Bonchev–Trinajstić information content (AvgIpc) is 3.03. The second kappa shape index (κ2) is 10.0. The predicted molar refractivity (Wildman–Crippen MR) is 94.7 cm³/mol. The van der Waals surface area contributed by atoms with Crippen LogP contribution in [0.2, 0.25) is 0 Å². The minimum atomic E-state index is -3.34. The highest BCUT2D eigenvalue weighted by Crippen LogP contribution is 2.20. The van der Waals surface area contributed by atoms with Gasteiger partial charge in [-0.1, -0.05) is 64.2 Å². The summed E-state index contributed by atoms with van der Waals surface area (Å²) in [7, 11) is -3.34. The van der Waals surface area contributed by atoms with Gasteiger partial charge >= 0.3 is 0 Å². The summed E-state index contributed by atoms with van der Waals surface area (Å²) in [6.07, 6.45) is 8.31. The molecule has 0 aliphatic heterocycles. The summed E-state index contributed by atoms with van der Waals surface area (Å²) in [6, 6.07) is 0. The van der Waals surface area contributed by atoms with E-state index >= 15 is 0 Å². The molecule has 0 saturated carbocycles. The molecule has 1 unspecified atom stereocenters. The largest absolute Gasteiger partial charge is 0.351 e. The van der Waals surface area contributed by atoms with Crippen LogP contribution in [0.1, 0.15) is 69.0 Å². The van der Waals surface area contributed by atoms with Crippen LogP contribution in [0, 0.1) is 5.92 Å². The molecule has 1 aromatic heterocycles. The van der Waals surface area contributed by atoms with E-state index in [-0.39, 0.29) is 16.0 Å². The molecule has 0 aromatic carbocycles. The van der Waals surface area contributed by atoms with Crippen LogP contribution >= 0.6 is 11.3 Å². The van der Waals surface area contributed by atoms with Crippen LogP contribution in [0.3, 0.4) is 0 Å². The molecule has 1 atom stereocenters. The zero-order valence-corrected chi connectivity index (χ0v) is 15.9. The zero-order chi connectivity index (χ0) is 17.3. The van der Waals surface area contributed by atoms with Crippen LogP contribution in [0.15, 0.2) is 10.5 Å². The van der Waals surface area contributed by atoms with E-state index in [9.17, 15) is 13.2 Å². The predicted octanol–water partition coefficient (Wildman–Crippen LogP) is 3.66. The third-order valence-electron chi connectivity index (χ3n) is 3.86. The van der Waals surface area contributed by atoms with E-state index in [1.54, 1.807) is 6.92 Å². The van der Waals surface area contributed by atoms with Gasteiger partial charge < -0.3 is 5.32 Å². The van der Waals surface area contributed by atoms with Crippen LogP contribution in [-0.2, 0) is 9.84 Å². The first-order chi connectivity index (χ1) is 10.9. The van der Waals surface area contributed by atoms with Crippen molar-refractivity contribution in [2.75, 3.05) is 12.3 Å². The molecule has 1 heterocycles. The van der Waals surface area contributed by atoms with Crippen molar-refractivity contribution in [2.45, 2.75) is 63.6 Å². The summed E-state index contributed by atoms with van der Waals surface area (Å²) in [6.45, 7) is 6.57. The fraction of sp³-hybridized carbons (Fsp3) is 0.750. The Morgan fingerprint density at radius 1 is 1.22 bits per heavy atom. The molecular formula is C16H28N2O3S2. The van der Waals surface area contributed by atoms with Crippen molar-refractivity contribution in [3.63, 3.8) is 0 Å². The lowest BCUT2D eigenvalue weighted by atomic mass is 9.94. The van der Waals surface area contributed by atoms with Crippen molar-refractivity contribution in [2.24, 2.45) is 5.92 Å². The number of carbonyl (C=O) groups is 1. The summed E-state index contributed by atoms with van der Waals surface area (Å²) < 4.78 is 23.5. The first-order valence-corrected chi connectivity index (χ1v) is 10.9. The number of rotatable bonds is 11. The molecule has 5 nitrogen and oxygen atoms in total. The highest BCUT2D eigenvalue weighted by atomic mass is 32.2. The standard InChI is InChI=1S/C16H28N2O3S2/c1-4-7-9-13(8-5-2)10-11-17-15(19)14-12-18-16(22-14)23(20,21)6-3/h12-13H,4-11H2,1-3H3,(H,17,19). The molecule has 0 aliphatic rings. The van der Waals surface area contributed by atoms with Gasteiger partial charge in [-0.05, 0) is 12.3 Å². The van der Waals surface area contributed by atoms with Gasteiger partial charge in [-0.25, -0.2) is 13.4 Å². The van der Waals surface area contributed by atoms with Crippen LogP contribution in [-0.4, -0.2) is 31.6 Å².